The molecule has 0 aromatic heterocycles. The molecular formula is C42H82O. The van der Waals surface area contributed by atoms with Gasteiger partial charge in [-0.25, -0.2) is 0 Å². The third-order valence-corrected chi connectivity index (χ3v) is 9.02. The van der Waals surface area contributed by atoms with Crippen LogP contribution in [0.2, 0.25) is 0 Å². The van der Waals surface area contributed by atoms with Crippen molar-refractivity contribution in [1.29, 1.82) is 0 Å². The Labute approximate surface area is 273 Å². The van der Waals surface area contributed by atoms with E-state index in [4.69, 9.17) is 4.74 Å². The minimum absolute atomic E-state index is 0.256. The van der Waals surface area contributed by atoms with Crippen molar-refractivity contribution in [1.82, 2.24) is 0 Å². The van der Waals surface area contributed by atoms with Crippen molar-refractivity contribution in [3.8, 4) is 0 Å². The van der Waals surface area contributed by atoms with Gasteiger partial charge in [0, 0.05) is 0 Å². The minimum atomic E-state index is 0.256. The monoisotopic (exact) mass is 603 g/mol. The van der Waals surface area contributed by atoms with Gasteiger partial charge in [-0.1, -0.05) is 159 Å². The van der Waals surface area contributed by atoms with Crippen LogP contribution < -0.4 is 0 Å². The summed E-state index contributed by atoms with van der Waals surface area (Å²) >= 11 is 0. The second-order valence-corrected chi connectivity index (χ2v) is 16.9. The zero-order chi connectivity index (χ0) is 32.7. The standard InChI is InChI=1S/C42H82O/c1-13-15-17-19-21-23-25-27-41(9,10)33-37(7)31-39(29-35(3)4)43-40(30-36(5)6)32-38(8)34-42(11,12)28-26-24-22-20-18-16-14-2/h25-28,35-40H,13-24,29-34H2,1-12H3. The normalized spacial score (nSPS) is 16.1. The van der Waals surface area contributed by atoms with E-state index < -0.39 is 0 Å². The number of ether oxygens (including phenoxy) is 1. The van der Waals surface area contributed by atoms with Gasteiger partial charge >= 0.3 is 0 Å². The third-order valence-electron chi connectivity index (χ3n) is 9.02. The molecule has 0 heterocycles. The topological polar surface area (TPSA) is 9.23 Å². The SMILES string of the molecule is CCCCCCCC=CC(C)(C)CC(C)CC(CC(C)C)OC(CC(C)C)CC(C)CC(C)(C)C=CCCCCCCC. The van der Waals surface area contributed by atoms with Gasteiger partial charge in [-0.15, -0.1) is 0 Å². The molecule has 0 bridgehead atoms. The highest BCUT2D eigenvalue weighted by Gasteiger charge is 2.27. The molecule has 0 saturated heterocycles. The predicted octanol–water partition coefficient (Wildman–Crippen LogP) is 14.6. The van der Waals surface area contributed by atoms with E-state index in [0.29, 0.717) is 35.9 Å². The second kappa shape index (κ2) is 24.6. The molecule has 0 aliphatic carbocycles. The van der Waals surface area contributed by atoms with Crippen molar-refractivity contribution in [2.75, 3.05) is 0 Å². The van der Waals surface area contributed by atoms with E-state index in [1.54, 1.807) is 0 Å². The Balaban J connectivity index is 5.07. The first kappa shape index (κ1) is 42.4. The predicted molar refractivity (Wildman–Crippen MR) is 197 cm³/mol. The summed E-state index contributed by atoms with van der Waals surface area (Å²) in [6.07, 6.45) is 34.0. The van der Waals surface area contributed by atoms with Crippen LogP contribution in [0.25, 0.3) is 0 Å². The van der Waals surface area contributed by atoms with Crippen LogP contribution in [0.1, 0.15) is 199 Å². The van der Waals surface area contributed by atoms with E-state index >= 15 is 0 Å². The zero-order valence-corrected chi connectivity index (χ0v) is 31.9. The lowest BCUT2D eigenvalue weighted by Gasteiger charge is -2.33. The average Bonchev–Trinajstić information content (AvgIpc) is 2.85. The van der Waals surface area contributed by atoms with Crippen LogP contribution in [0, 0.1) is 34.5 Å². The number of hydrogen-bond acceptors (Lipinski definition) is 1. The molecule has 1 heteroatoms. The third kappa shape index (κ3) is 26.4. The molecule has 0 aromatic carbocycles. The van der Waals surface area contributed by atoms with Gasteiger partial charge in [0.05, 0.1) is 12.2 Å². The van der Waals surface area contributed by atoms with E-state index in [9.17, 15) is 0 Å². The Bertz CT molecular complexity index is 623. The molecule has 1 nitrogen and oxygen atoms in total. The van der Waals surface area contributed by atoms with E-state index in [0.717, 1.165) is 0 Å². The van der Waals surface area contributed by atoms with Crippen molar-refractivity contribution < 1.29 is 4.74 Å². The first-order valence-electron chi connectivity index (χ1n) is 19.2. The van der Waals surface area contributed by atoms with Crippen molar-refractivity contribution in [3.05, 3.63) is 24.3 Å². The van der Waals surface area contributed by atoms with Gasteiger partial charge in [0.1, 0.15) is 0 Å². The van der Waals surface area contributed by atoms with Gasteiger partial charge < -0.3 is 4.74 Å². The van der Waals surface area contributed by atoms with Crippen LogP contribution in [-0.2, 0) is 4.74 Å². The van der Waals surface area contributed by atoms with Crippen molar-refractivity contribution in [2.24, 2.45) is 34.5 Å². The number of unbranched alkanes of at least 4 members (excludes halogenated alkanes) is 10. The quantitative estimate of drug-likeness (QED) is 0.0639. The van der Waals surface area contributed by atoms with Crippen molar-refractivity contribution in [2.45, 2.75) is 211 Å². The van der Waals surface area contributed by atoms with Crippen molar-refractivity contribution >= 4 is 0 Å². The van der Waals surface area contributed by atoms with Gasteiger partial charge in [-0.3, -0.25) is 0 Å². The molecule has 256 valence electrons. The van der Waals surface area contributed by atoms with Gasteiger partial charge in [0.25, 0.3) is 0 Å². The highest BCUT2D eigenvalue weighted by atomic mass is 16.5. The maximum atomic E-state index is 7.10. The molecular weight excluding hydrogens is 520 g/mol. The van der Waals surface area contributed by atoms with E-state index in [1.165, 1.54) is 116 Å². The van der Waals surface area contributed by atoms with Gasteiger partial charge in [-0.05, 0) is 98.7 Å². The summed E-state index contributed by atoms with van der Waals surface area (Å²) in [4.78, 5) is 0. The molecule has 43 heavy (non-hydrogen) atoms. The maximum Gasteiger partial charge on any atom is 0.0583 e. The fourth-order valence-corrected chi connectivity index (χ4v) is 7.27. The summed E-state index contributed by atoms with van der Waals surface area (Å²) in [5.74, 6) is 2.66. The number of allylic oxidation sites excluding steroid dienone is 4. The summed E-state index contributed by atoms with van der Waals surface area (Å²) in [5, 5.41) is 0. The Morgan fingerprint density at radius 3 is 1.16 bits per heavy atom. The second-order valence-electron chi connectivity index (χ2n) is 16.9. The van der Waals surface area contributed by atoms with E-state index in [-0.39, 0.29) is 10.8 Å². The molecule has 4 unspecified atom stereocenters. The van der Waals surface area contributed by atoms with Gasteiger partial charge in [-0.2, -0.15) is 0 Å². The van der Waals surface area contributed by atoms with Crippen LogP contribution in [0.5, 0.6) is 0 Å². The van der Waals surface area contributed by atoms with Crippen LogP contribution in [0.15, 0.2) is 24.3 Å². The molecule has 0 amide bonds. The first-order chi connectivity index (χ1) is 20.2. The molecule has 0 aromatic rings. The maximum absolute atomic E-state index is 7.10. The summed E-state index contributed by atoms with van der Waals surface area (Å²) in [5.41, 5.74) is 0.511. The molecule has 0 fully saturated rings. The average molecular weight is 603 g/mol. The van der Waals surface area contributed by atoms with Crippen LogP contribution >= 0.6 is 0 Å². The molecule has 0 aliphatic heterocycles. The minimum Gasteiger partial charge on any atom is -0.375 e. The largest absolute Gasteiger partial charge is 0.375 e. The summed E-state index contributed by atoms with van der Waals surface area (Å²) < 4.78 is 7.10. The number of hydrogen-bond donors (Lipinski definition) is 0. The van der Waals surface area contributed by atoms with E-state index in [2.05, 4.69) is 107 Å². The summed E-state index contributed by atoms with van der Waals surface area (Å²) in [7, 11) is 0. The molecule has 0 aliphatic rings. The Morgan fingerprint density at radius 2 is 0.837 bits per heavy atom. The van der Waals surface area contributed by atoms with Crippen LogP contribution in [-0.4, -0.2) is 12.2 Å². The lowest BCUT2D eigenvalue weighted by Crippen LogP contribution is -2.29. The molecule has 0 spiro atoms. The van der Waals surface area contributed by atoms with Crippen molar-refractivity contribution in [3.63, 3.8) is 0 Å². The smallest absolute Gasteiger partial charge is 0.0583 e. The van der Waals surface area contributed by atoms with Crippen LogP contribution in [0.3, 0.4) is 0 Å². The lowest BCUT2D eigenvalue weighted by atomic mass is 9.79. The fraction of sp³-hybridized carbons (Fsp3) is 0.905. The molecule has 0 N–H and O–H groups in total. The first-order valence-corrected chi connectivity index (χ1v) is 19.2. The Morgan fingerprint density at radius 1 is 0.488 bits per heavy atom. The van der Waals surface area contributed by atoms with Gasteiger partial charge in [0.15, 0.2) is 0 Å². The highest BCUT2D eigenvalue weighted by molar-refractivity contribution is 4.96. The van der Waals surface area contributed by atoms with E-state index in [1.807, 2.05) is 0 Å². The van der Waals surface area contributed by atoms with Crippen LogP contribution in [0.4, 0.5) is 0 Å². The molecule has 0 saturated carbocycles. The fourth-order valence-electron chi connectivity index (χ4n) is 7.27. The highest BCUT2D eigenvalue weighted by Crippen LogP contribution is 2.34. The summed E-state index contributed by atoms with van der Waals surface area (Å²) in [6, 6.07) is 0. The number of rotatable bonds is 28. The van der Waals surface area contributed by atoms with Gasteiger partial charge in [0.2, 0.25) is 0 Å². The lowest BCUT2D eigenvalue weighted by molar-refractivity contribution is -0.0529. The summed E-state index contributed by atoms with van der Waals surface area (Å²) in [6.45, 7) is 28.7. The molecule has 0 rings (SSSR count). The zero-order valence-electron chi connectivity index (χ0n) is 31.9. The molecule has 0 radical (unpaired) electrons. The molecule has 4 atom stereocenters. The Kier molecular flexibility index (Phi) is 24.3. The Hall–Kier alpha value is -0.560.